The molecular weight excluding hydrogens is 236 g/mol. The Kier molecular flexibility index (Phi) is 3.95. The first-order chi connectivity index (χ1) is 9.06. The van der Waals surface area contributed by atoms with Gasteiger partial charge >= 0.3 is 0 Å². The lowest BCUT2D eigenvalue weighted by molar-refractivity contribution is 0.242. The summed E-state index contributed by atoms with van der Waals surface area (Å²) in [5, 5.41) is 3.31. The smallest absolute Gasteiger partial charge is 0.119 e. The normalized spacial score (nSPS) is 10.5. The molecule has 0 unspecified atom stereocenters. The van der Waals surface area contributed by atoms with E-state index in [2.05, 4.69) is 5.32 Å². The molecular formula is C16H20N2O. The van der Waals surface area contributed by atoms with Crippen molar-refractivity contribution >= 4 is 17.1 Å². The Balaban J connectivity index is 2.13. The molecule has 19 heavy (non-hydrogen) atoms. The van der Waals surface area contributed by atoms with Gasteiger partial charge in [-0.25, -0.2) is 0 Å². The van der Waals surface area contributed by atoms with Gasteiger partial charge in [0.2, 0.25) is 0 Å². The number of nitrogens with two attached hydrogens (primary N) is 1. The Morgan fingerprint density at radius 3 is 2.37 bits per heavy atom. The van der Waals surface area contributed by atoms with Gasteiger partial charge < -0.3 is 15.8 Å². The van der Waals surface area contributed by atoms with E-state index in [0.717, 1.165) is 28.4 Å². The number of anilines is 3. The minimum absolute atomic E-state index is 0.186. The first kappa shape index (κ1) is 13.3. The van der Waals surface area contributed by atoms with E-state index in [-0.39, 0.29) is 6.10 Å². The number of nitrogen functional groups attached to an aromatic ring is 1. The molecule has 0 saturated heterocycles. The molecule has 3 N–H and O–H groups in total. The third-order valence-corrected chi connectivity index (χ3v) is 2.83. The molecule has 0 aliphatic rings. The second kappa shape index (κ2) is 5.65. The van der Waals surface area contributed by atoms with Gasteiger partial charge in [-0.05, 0) is 56.7 Å². The molecule has 0 aliphatic heterocycles. The fourth-order valence-corrected chi connectivity index (χ4v) is 1.83. The quantitative estimate of drug-likeness (QED) is 0.809. The van der Waals surface area contributed by atoms with E-state index < -0.39 is 0 Å². The predicted molar refractivity (Wildman–Crippen MR) is 81.1 cm³/mol. The molecule has 3 heteroatoms. The zero-order chi connectivity index (χ0) is 13.8. The van der Waals surface area contributed by atoms with Gasteiger partial charge in [0.05, 0.1) is 17.5 Å². The van der Waals surface area contributed by atoms with Gasteiger partial charge in [0.25, 0.3) is 0 Å². The van der Waals surface area contributed by atoms with Gasteiger partial charge in [0, 0.05) is 5.69 Å². The topological polar surface area (TPSA) is 47.3 Å². The highest BCUT2D eigenvalue weighted by Gasteiger charge is 2.02. The number of hydrogen-bond acceptors (Lipinski definition) is 3. The summed E-state index contributed by atoms with van der Waals surface area (Å²) in [6.07, 6.45) is 0.186. The first-order valence-electron chi connectivity index (χ1n) is 6.45. The van der Waals surface area contributed by atoms with Gasteiger partial charge in [0.1, 0.15) is 5.75 Å². The van der Waals surface area contributed by atoms with Crippen LogP contribution in [0.1, 0.15) is 19.4 Å². The van der Waals surface area contributed by atoms with Crippen LogP contribution < -0.4 is 15.8 Å². The number of nitrogens with one attached hydrogen (secondary N) is 1. The fourth-order valence-electron chi connectivity index (χ4n) is 1.83. The summed E-state index contributed by atoms with van der Waals surface area (Å²) in [5.41, 5.74) is 9.82. The van der Waals surface area contributed by atoms with Crippen LogP contribution in [0.5, 0.6) is 5.75 Å². The lowest BCUT2D eigenvalue weighted by Crippen LogP contribution is -2.05. The van der Waals surface area contributed by atoms with Crippen molar-refractivity contribution in [3.63, 3.8) is 0 Å². The van der Waals surface area contributed by atoms with Gasteiger partial charge in [-0.1, -0.05) is 12.1 Å². The summed E-state index contributed by atoms with van der Waals surface area (Å²) in [6.45, 7) is 6.03. The number of hydrogen-bond donors (Lipinski definition) is 2. The standard InChI is InChI=1S/C16H20N2O/c1-11(2)19-14-9-7-13(8-10-14)18-15-6-4-5-12(3)16(15)17/h4-11,18H,17H2,1-3H3. The fraction of sp³-hybridized carbons (Fsp3) is 0.250. The molecule has 0 bridgehead atoms. The van der Waals surface area contributed by atoms with Gasteiger partial charge in [-0.15, -0.1) is 0 Å². The van der Waals surface area contributed by atoms with E-state index in [1.807, 2.05) is 63.2 Å². The number of benzene rings is 2. The van der Waals surface area contributed by atoms with Crippen molar-refractivity contribution in [2.75, 3.05) is 11.1 Å². The number of para-hydroxylation sites is 1. The second-order valence-corrected chi connectivity index (χ2v) is 4.85. The third-order valence-electron chi connectivity index (χ3n) is 2.83. The Morgan fingerprint density at radius 2 is 1.74 bits per heavy atom. The van der Waals surface area contributed by atoms with Crippen molar-refractivity contribution in [1.29, 1.82) is 0 Å². The van der Waals surface area contributed by atoms with Crippen LogP contribution in [0.4, 0.5) is 17.1 Å². The summed E-state index contributed by atoms with van der Waals surface area (Å²) in [6, 6.07) is 13.8. The Bertz CT molecular complexity index is 547. The van der Waals surface area contributed by atoms with Crippen LogP contribution in [-0.4, -0.2) is 6.10 Å². The maximum Gasteiger partial charge on any atom is 0.119 e. The highest BCUT2D eigenvalue weighted by atomic mass is 16.5. The van der Waals surface area contributed by atoms with Gasteiger partial charge in [-0.3, -0.25) is 0 Å². The predicted octanol–water partition coefficient (Wildman–Crippen LogP) is 4.11. The van der Waals surface area contributed by atoms with Crippen LogP contribution in [0, 0.1) is 6.92 Å². The van der Waals surface area contributed by atoms with Crippen LogP contribution in [-0.2, 0) is 0 Å². The largest absolute Gasteiger partial charge is 0.491 e. The summed E-state index contributed by atoms with van der Waals surface area (Å²) in [4.78, 5) is 0. The number of aryl methyl sites for hydroxylation is 1. The minimum atomic E-state index is 0.186. The van der Waals surface area contributed by atoms with E-state index >= 15 is 0 Å². The maximum absolute atomic E-state index is 6.04. The molecule has 100 valence electrons. The SMILES string of the molecule is Cc1cccc(Nc2ccc(OC(C)C)cc2)c1N. The van der Waals surface area contributed by atoms with Crippen molar-refractivity contribution in [2.45, 2.75) is 26.9 Å². The lowest BCUT2D eigenvalue weighted by atomic mass is 10.1. The summed E-state index contributed by atoms with van der Waals surface area (Å²) in [7, 11) is 0. The summed E-state index contributed by atoms with van der Waals surface area (Å²) < 4.78 is 5.61. The van der Waals surface area contributed by atoms with Crippen molar-refractivity contribution in [3.8, 4) is 5.75 Å². The van der Waals surface area contributed by atoms with Crippen LogP contribution in [0.25, 0.3) is 0 Å². The van der Waals surface area contributed by atoms with Crippen LogP contribution in [0.2, 0.25) is 0 Å². The highest BCUT2D eigenvalue weighted by Crippen LogP contribution is 2.26. The number of ether oxygens (including phenoxy) is 1. The summed E-state index contributed by atoms with van der Waals surface area (Å²) in [5.74, 6) is 0.873. The summed E-state index contributed by atoms with van der Waals surface area (Å²) >= 11 is 0. The minimum Gasteiger partial charge on any atom is -0.491 e. The lowest BCUT2D eigenvalue weighted by Gasteiger charge is -2.13. The van der Waals surface area contributed by atoms with Crippen LogP contribution >= 0.6 is 0 Å². The molecule has 0 heterocycles. The van der Waals surface area contributed by atoms with E-state index in [4.69, 9.17) is 10.5 Å². The zero-order valence-electron chi connectivity index (χ0n) is 11.6. The molecule has 0 radical (unpaired) electrons. The highest BCUT2D eigenvalue weighted by molar-refractivity contribution is 5.75. The van der Waals surface area contributed by atoms with Crippen LogP contribution in [0.3, 0.4) is 0 Å². The maximum atomic E-state index is 6.04. The average Bonchev–Trinajstić information content (AvgIpc) is 2.37. The zero-order valence-corrected chi connectivity index (χ0v) is 11.6. The molecule has 0 aliphatic carbocycles. The van der Waals surface area contributed by atoms with E-state index in [0.29, 0.717) is 0 Å². The Morgan fingerprint density at radius 1 is 1.05 bits per heavy atom. The Labute approximate surface area is 114 Å². The van der Waals surface area contributed by atoms with Crippen molar-refractivity contribution in [2.24, 2.45) is 0 Å². The molecule has 0 atom stereocenters. The first-order valence-corrected chi connectivity index (χ1v) is 6.45. The van der Waals surface area contributed by atoms with Gasteiger partial charge in [0.15, 0.2) is 0 Å². The van der Waals surface area contributed by atoms with Crippen molar-refractivity contribution in [1.82, 2.24) is 0 Å². The molecule has 2 aromatic carbocycles. The van der Waals surface area contributed by atoms with Crippen molar-refractivity contribution < 1.29 is 4.74 Å². The molecule has 0 aromatic heterocycles. The monoisotopic (exact) mass is 256 g/mol. The second-order valence-electron chi connectivity index (χ2n) is 4.85. The van der Waals surface area contributed by atoms with Crippen molar-refractivity contribution in [3.05, 3.63) is 48.0 Å². The molecule has 0 fully saturated rings. The van der Waals surface area contributed by atoms with E-state index in [9.17, 15) is 0 Å². The third kappa shape index (κ3) is 3.41. The molecule has 2 rings (SSSR count). The van der Waals surface area contributed by atoms with Crippen LogP contribution in [0.15, 0.2) is 42.5 Å². The Hall–Kier alpha value is -2.16. The molecule has 3 nitrogen and oxygen atoms in total. The van der Waals surface area contributed by atoms with Gasteiger partial charge in [-0.2, -0.15) is 0 Å². The van der Waals surface area contributed by atoms with E-state index in [1.165, 1.54) is 0 Å². The number of rotatable bonds is 4. The molecule has 0 amide bonds. The molecule has 2 aromatic rings. The molecule has 0 spiro atoms. The van der Waals surface area contributed by atoms with E-state index in [1.54, 1.807) is 0 Å². The molecule has 0 saturated carbocycles. The average molecular weight is 256 g/mol.